The molecule has 0 radical (unpaired) electrons. The molecule has 0 aliphatic heterocycles. The summed E-state index contributed by atoms with van der Waals surface area (Å²) in [6.07, 6.45) is 6.11. The summed E-state index contributed by atoms with van der Waals surface area (Å²) < 4.78 is 11.3. The minimum absolute atomic E-state index is 0.0703. The van der Waals surface area contributed by atoms with Crippen LogP contribution < -0.4 is 5.73 Å². The van der Waals surface area contributed by atoms with E-state index in [0.717, 1.165) is 16.7 Å². The molecule has 0 aromatic rings. The van der Waals surface area contributed by atoms with Crippen molar-refractivity contribution in [1.29, 1.82) is 0 Å². The standard InChI is InChI=1S/C12H29NO2Si/c1-4-7-8-9-10-11(14-5-2)12(13,16)15-6-3/h11H,4-10,13H2,1-3,16H3. The van der Waals surface area contributed by atoms with Gasteiger partial charge in [0.2, 0.25) is 0 Å². The first-order chi connectivity index (χ1) is 7.58. The molecule has 16 heavy (non-hydrogen) atoms. The lowest BCUT2D eigenvalue weighted by atomic mass is 10.1. The van der Waals surface area contributed by atoms with Crippen molar-refractivity contribution in [3.63, 3.8) is 0 Å². The third-order valence-electron chi connectivity index (χ3n) is 2.78. The monoisotopic (exact) mass is 247 g/mol. The fourth-order valence-corrected chi connectivity index (χ4v) is 2.64. The van der Waals surface area contributed by atoms with Crippen molar-refractivity contribution in [2.75, 3.05) is 13.2 Å². The lowest BCUT2D eigenvalue weighted by Gasteiger charge is -2.34. The number of unbranched alkanes of at least 4 members (excludes halogenated alkanes) is 3. The Kier molecular flexibility index (Phi) is 9.22. The lowest BCUT2D eigenvalue weighted by molar-refractivity contribution is -0.0942. The molecule has 0 aromatic heterocycles. The van der Waals surface area contributed by atoms with Crippen molar-refractivity contribution in [1.82, 2.24) is 0 Å². The highest BCUT2D eigenvalue weighted by molar-refractivity contribution is 6.14. The van der Waals surface area contributed by atoms with E-state index in [-0.39, 0.29) is 6.10 Å². The average Bonchev–Trinajstić information content (AvgIpc) is 2.22. The maximum absolute atomic E-state index is 6.19. The zero-order valence-electron chi connectivity index (χ0n) is 11.4. The van der Waals surface area contributed by atoms with Gasteiger partial charge in [-0.15, -0.1) is 0 Å². The Balaban J connectivity index is 4.03. The topological polar surface area (TPSA) is 44.5 Å². The second-order valence-electron chi connectivity index (χ2n) is 4.41. The summed E-state index contributed by atoms with van der Waals surface area (Å²) in [7, 11) is 0.805. The Bertz CT molecular complexity index is 165. The van der Waals surface area contributed by atoms with Gasteiger partial charge in [0.15, 0.2) is 0 Å². The van der Waals surface area contributed by atoms with Crippen LogP contribution in [0.15, 0.2) is 0 Å². The molecule has 0 saturated carbocycles. The van der Waals surface area contributed by atoms with E-state index in [1.54, 1.807) is 0 Å². The molecule has 0 heterocycles. The number of hydrogen-bond acceptors (Lipinski definition) is 3. The van der Waals surface area contributed by atoms with Gasteiger partial charge in [0.25, 0.3) is 0 Å². The highest BCUT2D eigenvalue weighted by atomic mass is 28.1. The van der Waals surface area contributed by atoms with E-state index in [2.05, 4.69) is 6.92 Å². The van der Waals surface area contributed by atoms with Crippen LogP contribution in [-0.2, 0) is 9.47 Å². The number of rotatable bonds is 10. The van der Waals surface area contributed by atoms with Gasteiger partial charge in [-0.2, -0.15) is 0 Å². The normalized spacial score (nSPS) is 17.2. The average molecular weight is 247 g/mol. The molecule has 0 saturated heterocycles. The van der Waals surface area contributed by atoms with E-state index in [0.29, 0.717) is 13.2 Å². The molecule has 0 aliphatic rings. The molecule has 4 heteroatoms. The Hall–Kier alpha value is 0.0969. The predicted octanol–water partition coefficient (Wildman–Crippen LogP) is 1.38. The molecule has 0 bridgehead atoms. The summed E-state index contributed by atoms with van der Waals surface area (Å²) in [6, 6.07) is 0. The van der Waals surface area contributed by atoms with Crippen LogP contribution in [0, 0.1) is 0 Å². The molecule has 2 unspecified atom stereocenters. The zero-order valence-corrected chi connectivity index (χ0v) is 13.4. The fourth-order valence-electron chi connectivity index (χ4n) is 1.90. The summed E-state index contributed by atoms with van der Waals surface area (Å²) in [6.45, 7) is 7.60. The highest BCUT2D eigenvalue weighted by Crippen LogP contribution is 2.17. The summed E-state index contributed by atoms with van der Waals surface area (Å²) in [5.41, 5.74) is 6.19. The van der Waals surface area contributed by atoms with Crippen molar-refractivity contribution in [3.05, 3.63) is 0 Å². The third-order valence-corrected chi connectivity index (χ3v) is 3.71. The van der Waals surface area contributed by atoms with E-state index in [4.69, 9.17) is 15.2 Å². The van der Waals surface area contributed by atoms with Gasteiger partial charge in [-0.05, 0) is 20.3 Å². The molecular formula is C12H29NO2Si. The predicted molar refractivity (Wildman–Crippen MR) is 72.7 cm³/mol. The summed E-state index contributed by atoms with van der Waals surface area (Å²) in [5, 5.41) is -0.517. The number of nitrogens with two attached hydrogens (primary N) is 1. The summed E-state index contributed by atoms with van der Waals surface area (Å²) in [5.74, 6) is 0. The largest absolute Gasteiger partial charge is 0.374 e. The Morgan fingerprint density at radius 1 is 1.12 bits per heavy atom. The second-order valence-corrected chi connectivity index (χ2v) is 5.97. The van der Waals surface area contributed by atoms with Gasteiger partial charge in [-0.1, -0.05) is 32.6 Å². The molecule has 0 fully saturated rings. The maximum Gasteiger partial charge on any atom is 0.118 e. The number of ether oxygens (including phenoxy) is 2. The molecule has 2 N–H and O–H groups in total. The molecule has 0 amide bonds. The molecule has 0 aliphatic carbocycles. The minimum atomic E-state index is -0.517. The van der Waals surface area contributed by atoms with Crippen LogP contribution in [0.2, 0.25) is 0 Å². The van der Waals surface area contributed by atoms with E-state index < -0.39 is 5.35 Å². The lowest BCUT2D eigenvalue weighted by Crippen LogP contribution is -2.55. The first kappa shape index (κ1) is 16.1. The van der Waals surface area contributed by atoms with Crippen molar-refractivity contribution in [2.45, 2.75) is 64.3 Å². The van der Waals surface area contributed by atoms with Crippen LogP contribution in [0.4, 0.5) is 0 Å². The van der Waals surface area contributed by atoms with Crippen LogP contribution in [0.1, 0.15) is 52.9 Å². The van der Waals surface area contributed by atoms with Gasteiger partial charge in [0, 0.05) is 13.2 Å². The van der Waals surface area contributed by atoms with E-state index in [9.17, 15) is 0 Å². The Morgan fingerprint density at radius 3 is 2.31 bits per heavy atom. The summed E-state index contributed by atoms with van der Waals surface area (Å²) >= 11 is 0. The fraction of sp³-hybridized carbons (Fsp3) is 1.00. The molecule has 3 nitrogen and oxygen atoms in total. The SMILES string of the molecule is CCCCCCC(OCC)C(N)([SiH3])OCC. The quantitative estimate of drug-likeness (QED) is 0.360. The van der Waals surface area contributed by atoms with Crippen molar-refractivity contribution < 1.29 is 9.47 Å². The second kappa shape index (κ2) is 9.16. The molecule has 0 aromatic carbocycles. The van der Waals surface area contributed by atoms with Crippen molar-refractivity contribution in [3.8, 4) is 0 Å². The van der Waals surface area contributed by atoms with E-state index in [1.807, 2.05) is 13.8 Å². The van der Waals surface area contributed by atoms with Gasteiger partial charge < -0.3 is 15.2 Å². The van der Waals surface area contributed by atoms with Gasteiger partial charge in [0.05, 0.1) is 16.3 Å². The van der Waals surface area contributed by atoms with Crippen LogP contribution in [-0.4, -0.2) is 34.9 Å². The van der Waals surface area contributed by atoms with Crippen LogP contribution in [0.3, 0.4) is 0 Å². The molecular weight excluding hydrogens is 218 g/mol. The first-order valence-corrected chi connectivity index (χ1v) is 7.62. The van der Waals surface area contributed by atoms with Crippen molar-refractivity contribution >= 4 is 10.2 Å². The molecule has 2 atom stereocenters. The maximum atomic E-state index is 6.19. The first-order valence-electron chi connectivity index (χ1n) is 6.62. The van der Waals surface area contributed by atoms with Gasteiger partial charge in [-0.25, -0.2) is 0 Å². The van der Waals surface area contributed by atoms with Gasteiger partial charge >= 0.3 is 0 Å². The summed E-state index contributed by atoms with van der Waals surface area (Å²) in [4.78, 5) is 0. The highest BCUT2D eigenvalue weighted by Gasteiger charge is 2.30. The number of hydrogen-bond donors (Lipinski definition) is 1. The van der Waals surface area contributed by atoms with E-state index >= 15 is 0 Å². The van der Waals surface area contributed by atoms with Crippen LogP contribution in [0.5, 0.6) is 0 Å². The van der Waals surface area contributed by atoms with Gasteiger partial charge in [-0.3, -0.25) is 0 Å². The Morgan fingerprint density at radius 2 is 1.81 bits per heavy atom. The van der Waals surface area contributed by atoms with E-state index in [1.165, 1.54) is 25.7 Å². The zero-order chi connectivity index (χ0) is 12.4. The van der Waals surface area contributed by atoms with Crippen LogP contribution in [0.25, 0.3) is 0 Å². The Labute approximate surface area is 103 Å². The van der Waals surface area contributed by atoms with Crippen molar-refractivity contribution in [2.24, 2.45) is 5.73 Å². The smallest absolute Gasteiger partial charge is 0.118 e. The molecule has 98 valence electrons. The third kappa shape index (κ3) is 6.63. The van der Waals surface area contributed by atoms with Crippen LogP contribution >= 0.6 is 0 Å². The molecule has 0 rings (SSSR count). The minimum Gasteiger partial charge on any atom is -0.374 e. The van der Waals surface area contributed by atoms with Gasteiger partial charge in [0.1, 0.15) is 5.35 Å². The molecule has 0 spiro atoms.